The van der Waals surface area contributed by atoms with Gasteiger partial charge in [-0.15, -0.1) is 0 Å². The van der Waals surface area contributed by atoms with Crippen molar-refractivity contribution in [2.24, 2.45) is 0 Å². The molecule has 1 N–H and O–H groups in total. The average molecular weight is 289 g/mol. The molecule has 1 rings (SSSR count). The van der Waals surface area contributed by atoms with E-state index in [0.29, 0.717) is 25.5 Å². The Balaban J connectivity index is 2.33. The molecule has 1 amide bonds. The Bertz CT molecular complexity index is 408. The van der Waals surface area contributed by atoms with Crippen molar-refractivity contribution >= 4 is 13.5 Å². The summed E-state index contributed by atoms with van der Waals surface area (Å²) in [4.78, 5) is 11.6. The van der Waals surface area contributed by atoms with E-state index in [4.69, 9.17) is 13.5 Å². The minimum Gasteiger partial charge on any atom is -0.467 e. The van der Waals surface area contributed by atoms with Crippen LogP contribution in [0.15, 0.2) is 22.8 Å². The molecule has 0 radical (unpaired) electrons. The van der Waals surface area contributed by atoms with Gasteiger partial charge in [0, 0.05) is 6.42 Å². The fourth-order valence-electron chi connectivity index (χ4n) is 1.49. The normalized spacial score (nSPS) is 11.5. The first-order chi connectivity index (χ1) is 9.09. The molecule has 1 aromatic rings. The number of carbonyl (C=O) groups excluding carboxylic acids is 1. The number of hydrogen-bond acceptors (Lipinski definition) is 5. The molecule has 0 aliphatic heterocycles. The highest BCUT2D eigenvalue weighted by Gasteiger charge is 2.24. The second-order valence-electron chi connectivity index (χ2n) is 3.78. The van der Waals surface area contributed by atoms with Crippen LogP contribution in [-0.2, 0) is 25.0 Å². The molecule has 0 spiro atoms. The maximum Gasteiger partial charge on any atom is 0.331 e. The van der Waals surface area contributed by atoms with Crippen molar-refractivity contribution in [3.63, 3.8) is 0 Å². The van der Waals surface area contributed by atoms with Gasteiger partial charge < -0.3 is 18.8 Å². The van der Waals surface area contributed by atoms with Crippen LogP contribution >= 0.6 is 7.60 Å². The van der Waals surface area contributed by atoms with Gasteiger partial charge in [-0.25, -0.2) is 0 Å². The van der Waals surface area contributed by atoms with E-state index >= 15 is 0 Å². The summed E-state index contributed by atoms with van der Waals surface area (Å²) in [6, 6.07) is 3.52. The van der Waals surface area contributed by atoms with Crippen LogP contribution in [0.25, 0.3) is 0 Å². The van der Waals surface area contributed by atoms with Crippen LogP contribution in [0.1, 0.15) is 26.0 Å². The van der Waals surface area contributed by atoms with Crippen molar-refractivity contribution in [3.8, 4) is 0 Å². The zero-order valence-electron chi connectivity index (χ0n) is 11.3. The molecule has 0 aliphatic carbocycles. The summed E-state index contributed by atoms with van der Waals surface area (Å²) in [5, 5.41) is 2.68. The first-order valence-corrected chi connectivity index (χ1v) is 7.99. The summed E-state index contributed by atoms with van der Waals surface area (Å²) < 4.78 is 27.4. The largest absolute Gasteiger partial charge is 0.467 e. The molecule has 7 heteroatoms. The molecule has 0 saturated heterocycles. The second-order valence-corrected chi connectivity index (χ2v) is 5.96. The lowest BCUT2D eigenvalue weighted by Crippen LogP contribution is -2.23. The third-order valence-electron chi connectivity index (χ3n) is 2.30. The standard InChI is InChI=1S/C12H20NO5P/c1-3-17-19(15,18-4-2)9-7-12(14)13-10-11-6-5-8-16-11/h5-6,8H,3-4,7,9-10H2,1-2H3,(H,13,14). The summed E-state index contributed by atoms with van der Waals surface area (Å²) in [7, 11) is -3.14. The van der Waals surface area contributed by atoms with Crippen LogP contribution in [0.3, 0.4) is 0 Å². The molecule has 0 saturated carbocycles. The number of nitrogens with one attached hydrogen (secondary N) is 1. The minimum atomic E-state index is -3.14. The molecule has 1 heterocycles. The second kappa shape index (κ2) is 8.15. The van der Waals surface area contributed by atoms with Crippen LogP contribution in [0.4, 0.5) is 0 Å². The zero-order chi connectivity index (χ0) is 14.1. The van der Waals surface area contributed by atoms with Crippen molar-refractivity contribution in [1.82, 2.24) is 5.32 Å². The highest BCUT2D eigenvalue weighted by Crippen LogP contribution is 2.48. The van der Waals surface area contributed by atoms with Crippen LogP contribution in [0.5, 0.6) is 0 Å². The van der Waals surface area contributed by atoms with Gasteiger partial charge in [0.15, 0.2) is 0 Å². The van der Waals surface area contributed by atoms with E-state index < -0.39 is 7.60 Å². The van der Waals surface area contributed by atoms with E-state index in [1.165, 1.54) is 0 Å². The fourth-order valence-corrected chi connectivity index (χ4v) is 3.08. The van der Waals surface area contributed by atoms with Crippen molar-refractivity contribution in [1.29, 1.82) is 0 Å². The smallest absolute Gasteiger partial charge is 0.331 e. The molecule has 19 heavy (non-hydrogen) atoms. The van der Waals surface area contributed by atoms with E-state index in [9.17, 15) is 9.36 Å². The first kappa shape index (κ1) is 16.0. The van der Waals surface area contributed by atoms with Crippen molar-refractivity contribution in [2.75, 3.05) is 19.4 Å². The third-order valence-corrected chi connectivity index (χ3v) is 4.38. The Morgan fingerprint density at radius 1 is 1.37 bits per heavy atom. The van der Waals surface area contributed by atoms with Gasteiger partial charge in [-0.3, -0.25) is 9.36 Å². The summed E-state index contributed by atoms with van der Waals surface area (Å²) in [5.41, 5.74) is 0. The summed E-state index contributed by atoms with van der Waals surface area (Å²) >= 11 is 0. The van der Waals surface area contributed by atoms with E-state index in [0.717, 1.165) is 0 Å². The van der Waals surface area contributed by atoms with Gasteiger partial charge in [-0.05, 0) is 26.0 Å². The van der Waals surface area contributed by atoms with Gasteiger partial charge in [0.1, 0.15) is 5.76 Å². The molecule has 0 unspecified atom stereocenters. The van der Waals surface area contributed by atoms with Crippen molar-refractivity contribution in [2.45, 2.75) is 26.8 Å². The van der Waals surface area contributed by atoms with Crippen LogP contribution < -0.4 is 5.32 Å². The molecule has 0 bridgehead atoms. The molecule has 0 aromatic carbocycles. The SMILES string of the molecule is CCOP(=O)(CCC(=O)NCc1ccco1)OCC. The molecule has 0 aliphatic rings. The summed E-state index contributed by atoms with van der Waals surface area (Å²) in [5.74, 6) is 0.460. The molecule has 0 fully saturated rings. The number of rotatable bonds is 9. The van der Waals surface area contributed by atoms with Gasteiger partial charge >= 0.3 is 7.60 Å². The Morgan fingerprint density at radius 2 is 2.05 bits per heavy atom. The molecule has 0 atom stereocenters. The lowest BCUT2D eigenvalue weighted by Gasteiger charge is -2.16. The highest BCUT2D eigenvalue weighted by atomic mass is 31.2. The third kappa shape index (κ3) is 6.05. The van der Waals surface area contributed by atoms with Gasteiger partial charge in [0.2, 0.25) is 5.91 Å². The molecule has 1 aromatic heterocycles. The molecule has 6 nitrogen and oxygen atoms in total. The van der Waals surface area contributed by atoms with Crippen molar-refractivity contribution in [3.05, 3.63) is 24.2 Å². The van der Waals surface area contributed by atoms with Gasteiger partial charge in [0.05, 0.1) is 32.2 Å². The topological polar surface area (TPSA) is 77.8 Å². The van der Waals surface area contributed by atoms with E-state index in [1.807, 2.05) is 0 Å². The number of hydrogen-bond donors (Lipinski definition) is 1. The molecular weight excluding hydrogens is 269 g/mol. The van der Waals surface area contributed by atoms with Gasteiger partial charge in [-0.2, -0.15) is 0 Å². The Morgan fingerprint density at radius 3 is 2.58 bits per heavy atom. The Labute approximate surface area is 113 Å². The number of amides is 1. The summed E-state index contributed by atoms with van der Waals surface area (Å²) in [6.07, 6.45) is 1.72. The molecule has 108 valence electrons. The quantitative estimate of drug-likeness (QED) is 0.707. The number of furan rings is 1. The van der Waals surface area contributed by atoms with Gasteiger partial charge in [-0.1, -0.05) is 0 Å². The Kier molecular flexibility index (Phi) is 6.84. The van der Waals surface area contributed by atoms with Crippen LogP contribution in [0, 0.1) is 0 Å². The Hall–Kier alpha value is -1.10. The van der Waals surface area contributed by atoms with E-state index in [-0.39, 0.29) is 18.5 Å². The van der Waals surface area contributed by atoms with Crippen LogP contribution in [0.2, 0.25) is 0 Å². The lowest BCUT2D eigenvalue weighted by atomic mass is 10.4. The van der Waals surface area contributed by atoms with E-state index in [1.54, 1.807) is 32.2 Å². The number of carbonyl (C=O) groups is 1. The lowest BCUT2D eigenvalue weighted by molar-refractivity contribution is -0.121. The van der Waals surface area contributed by atoms with E-state index in [2.05, 4.69) is 5.32 Å². The van der Waals surface area contributed by atoms with Gasteiger partial charge in [0.25, 0.3) is 0 Å². The average Bonchev–Trinajstić information content (AvgIpc) is 2.88. The molecular formula is C12H20NO5P. The maximum absolute atomic E-state index is 12.1. The predicted molar refractivity (Wildman–Crippen MR) is 70.9 cm³/mol. The van der Waals surface area contributed by atoms with Crippen LogP contribution in [-0.4, -0.2) is 25.3 Å². The highest BCUT2D eigenvalue weighted by molar-refractivity contribution is 7.53. The zero-order valence-corrected chi connectivity index (χ0v) is 12.2. The predicted octanol–water partition coefficient (Wildman–Crippen LogP) is 2.55. The maximum atomic E-state index is 12.1. The monoisotopic (exact) mass is 289 g/mol. The summed E-state index contributed by atoms with van der Waals surface area (Å²) in [6.45, 7) is 4.39. The first-order valence-electron chi connectivity index (χ1n) is 6.27. The minimum absolute atomic E-state index is 0.0820. The fraction of sp³-hybridized carbons (Fsp3) is 0.583. The van der Waals surface area contributed by atoms with Crippen molar-refractivity contribution < 1.29 is 22.8 Å².